The number of phenolic OH excluding ortho intramolecular Hbond substituents is 1. The third kappa shape index (κ3) is 4.57. The van der Waals surface area contributed by atoms with Gasteiger partial charge < -0.3 is 19.5 Å². The van der Waals surface area contributed by atoms with E-state index in [9.17, 15) is 5.11 Å². The number of rotatable bonds is 6. The number of aryl methyl sites for hydroxylation is 1. The van der Waals surface area contributed by atoms with E-state index in [4.69, 9.17) is 9.47 Å². The SMILES string of the molecule is COC(OC)C1CCN(c2ccc([C@@H]3c4ccc(O)cc4CC[C@@H]3C3CCCC3)cc2F)CC1. The summed E-state index contributed by atoms with van der Waals surface area (Å²) in [6.07, 6.45) is 8.98. The normalized spacial score (nSPS) is 24.1. The van der Waals surface area contributed by atoms with Crippen LogP contribution in [0.4, 0.5) is 10.1 Å². The van der Waals surface area contributed by atoms with Gasteiger partial charge in [-0.3, -0.25) is 0 Å². The van der Waals surface area contributed by atoms with Crippen molar-refractivity contribution in [2.24, 2.45) is 17.8 Å². The lowest BCUT2D eigenvalue weighted by molar-refractivity contribution is -0.141. The second-order valence-corrected chi connectivity index (χ2v) is 10.5. The molecule has 2 aliphatic carbocycles. The molecule has 2 aromatic rings. The molecule has 184 valence electrons. The lowest BCUT2D eigenvalue weighted by Crippen LogP contribution is -2.39. The molecule has 1 aliphatic heterocycles. The Kier molecular flexibility index (Phi) is 7.12. The number of fused-ring (bicyclic) bond motifs is 1. The van der Waals surface area contributed by atoms with Crippen LogP contribution in [0, 0.1) is 23.6 Å². The Labute approximate surface area is 203 Å². The highest BCUT2D eigenvalue weighted by molar-refractivity contribution is 5.52. The molecule has 1 saturated heterocycles. The Morgan fingerprint density at radius 2 is 1.68 bits per heavy atom. The molecule has 1 heterocycles. The van der Waals surface area contributed by atoms with E-state index in [0.29, 0.717) is 29.2 Å². The molecular weight excluding hydrogens is 429 g/mol. The van der Waals surface area contributed by atoms with Gasteiger partial charge in [0, 0.05) is 39.1 Å². The van der Waals surface area contributed by atoms with Crippen molar-refractivity contribution < 1.29 is 19.0 Å². The quantitative estimate of drug-likeness (QED) is 0.510. The van der Waals surface area contributed by atoms with E-state index in [1.165, 1.54) is 36.8 Å². The van der Waals surface area contributed by atoms with E-state index in [2.05, 4.69) is 17.0 Å². The first-order valence-electron chi connectivity index (χ1n) is 13.0. The molecule has 34 heavy (non-hydrogen) atoms. The third-order valence-corrected chi connectivity index (χ3v) is 8.70. The molecule has 3 aliphatic rings. The number of ether oxygens (including phenoxy) is 2. The highest BCUT2D eigenvalue weighted by Gasteiger charge is 2.37. The summed E-state index contributed by atoms with van der Waals surface area (Å²) in [5, 5.41) is 10.1. The number of hydrogen-bond donors (Lipinski definition) is 1. The van der Waals surface area contributed by atoms with Crippen LogP contribution in [0.25, 0.3) is 0 Å². The molecule has 4 nitrogen and oxygen atoms in total. The number of phenols is 1. The van der Waals surface area contributed by atoms with Crippen LogP contribution in [-0.4, -0.2) is 38.7 Å². The van der Waals surface area contributed by atoms with Crippen LogP contribution in [0.5, 0.6) is 5.75 Å². The van der Waals surface area contributed by atoms with Gasteiger partial charge in [-0.1, -0.05) is 37.8 Å². The van der Waals surface area contributed by atoms with Crippen LogP contribution < -0.4 is 4.90 Å². The number of nitrogens with zero attached hydrogens (tertiary/aromatic N) is 1. The Morgan fingerprint density at radius 1 is 0.941 bits per heavy atom. The highest BCUT2D eigenvalue weighted by atomic mass is 19.1. The zero-order valence-corrected chi connectivity index (χ0v) is 20.5. The number of piperidine rings is 1. The van der Waals surface area contributed by atoms with E-state index in [0.717, 1.165) is 44.3 Å². The van der Waals surface area contributed by atoms with Crippen LogP contribution in [0.15, 0.2) is 36.4 Å². The van der Waals surface area contributed by atoms with Crippen molar-refractivity contribution in [3.05, 3.63) is 58.9 Å². The maximum atomic E-state index is 15.6. The fourth-order valence-corrected chi connectivity index (χ4v) is 7.02. The van der Waals surface area contributed by atoms with Crippen molar-refractivity contribution in [1.82, 2.24) is 0 Å². The molecule has 2 aromatic carbocycles. The maximum Gasteiger partial charge on any atom is 0.159 e. The van der Waals surface area contributed by atoms with Crippen molar-refractivity contribution in [2.45, 2.75) is 63.6 Å². The van der Waals surface area contributed by atoms with Gasteiger partial charge in [-0.2, -0.15) is 0 Å². The summed E-state index contributed by atoms with van der Waals surface area (Å²) in [6, 6.07) is 11.7. The zero-order chi connectivity index (χ0) is 23.7. The minimum atomic E-state index is -0.187. The van der Waals surface area contributed by atoms with Crippen molar-refractivity contribution in [2.75, 3.05) is 32.2 Å². The minimum Gasteiger partial charge on any atom is -0.508 e. The molecule has 0 radical (unpaired) electrons. The summed E-state index contributed by atoms with van der Waals surface area (Å²) >= 11 is 0. The van der Waals surface area contributed by atoms with E-state index >= 15 is 4.39 Å². The molecule has 5 heteroatoms. The fraction of sp³-hybridized carbons (Fsp3) is 0.586. The summed E-state index contributed by atoms with van der Waals surface area (Å²) in [6.45, 7) is 1.61. The summed E-state index contributed by atoms with van der Waals surface area (Å²) < 4.78 is 26.5. The number of methoxy groups -OCH3 is 2. The smallest absolute Gasteiger partial charge is 0.159 e. The molecule has 0 aromatic heterocycles. The Balaban J connectivity index is 1.40. The first-order valence-corrected chi connectivity index (χ1v) is 13.0. The first-order chi connectivity index (χ1) is 16.6. The predicted octanol–water partition coefficient (Wildman–Crippen LogP) is 6.25. The van der Waals surface area contributed by atoms with Gasteiger partial charge in [-0.25, -0.2) is 4.39 Å². The van der Waals surface area contributed by atoms with Crippen molar-refractivity contribution in [3.63, 3.8) is 0 Å². The van der Waals surface area contributed by atoms with Gasteiger partial charge >= 0.3 is 0 Å². The van der Waals surface area contributed by atoms with E-state index in [-0.39, 0.29) is 18.0 Å². The number of hydrogen-bond acceptors (Lipinski definition) is 4. The summed E-state index contributed by atoms with van der Waals surface area (Å²) in [7, 11) is 3.37. The topological polar surface area (TPSA) is 41.9 Å². The van der Waals surface area contributed by atoms with E-state index in [1.54, 1.807) is 26.4 Å². The van der Waals surface area contributed by atoms with Crippen LogP contribution in [-0.2, 0) is 15.9 Å². The van der Waals surface area contributed by atoms with Gasteiger partial charge in [-0.05, 0) is 78.5 Å². The lowest BCUT2D eigenvalue weighted by atomic mass is 9.66. The van der Waals surface area contributed by atoms with Gasteiger partial charge in [0.25, 0.3) is 0 Å². The van der Waals surface area contributed by atoms with E-state index in [1.807, 2.05) is 12.1 Å². The monoisotopic (exact) mass is 467 g/mol. The second kappa shape index (κ2) is 10.2. The van der Waals surface area contributed by atoms with E-state index < -0.39 is 0 Å². The number of benzene rings is 2. The molecule has 2 fully saturated rings. The van der Waals surface area contributed by atoms with Crippen LogP contribution in [0.2, 0.25) is 0 Å². The molecule has 0 spiro atoms. The Morgan fingerprint density at radius 3 is 2.35 bits per heavy atom. The number of halogens is 1. The summed E-state index contributed by atoms with van der Waals surface area (Å²) in [5.74, 6) is 2.00. The maximum absolute atomic E-state index is 15.6. The summed E-state index contributed by atoms with van der Waals surface area (Å²) in [4.78, 5) is 2.17. The fourth-order valence-electron chi connectivity index (χ4n) is 7.02. The van der Waals surface area contributed by atoms with Crippen molar-refractivity contribution >= 4 is 5.69 Å². The molecule has 5 rings (SSSR count). The average Bonchev–Trinajstić information content (AvgIpc) is 3.39. The van der Waals surface area contributed by atoms with Crippen molar-refractivity contribution in [1.29, 1.82) is 0 Å². The Bertz CT molecular complexity index is 977. The average molecular weight is 468 g/mol. The van der Waals surface area contributed by atoms with Gasteiger partial charge in [-0.15, -0.1) is 0 Å². The van der Waals surface area contributed by atoms with Crippen LogP contribution in [0.1, 0.15) is 67.6 Å². The van der Waals surface area contributed by atoms with Gasteiger partial charge in [0.2, 0.25) is 0 Å². The number of anilines is 1. The van der Waals surface area contributed by atoms with Gasteiger partial charge in [0.15, 0.2) is 6.29 Å². The highest BCUT2D eigenvalue weighted by Crippen LogP contribution is 2.49. The zero-order valence-electron chi connectivity index (χ0n) is 20.5. The van der Waals surface area contributed by atoms with Crippen molar-refractivity contribution in [3.8, 4) is 5.75 Å². The molecule has 1 saturated carbocycles. The minimum absolute atomic E-state index is 0.123. The lowest BCUT2D eigenvalue weighted by Gasteiger charge is -2.39. The van der Waals surface area contributed by atoms with Crippen LogP contribution >= 0.6 is 0 Å². The largest absolute Gasteiger partial charge is 0.508 e. The van der Waals surface area contributed by atoms with Gasteiger partial charge in [0.05, 0.1) is 5.69 Å². The molecule has 2 atom stereocenters. The second-order valence-electron chi connectivity index (χ2n) is 10.5. The molecule has 1 N–H and O–H groups in total. The molecular formula is C29H38FNO3. The standard InChI is InChI=1S/C29H38FNO3/c1-33-29(34-2)20-13-15-31(16-14-20)27-12-8-22(18-26(27)30)28-24(19-5-3-4-6-19)10-7-21-17-23(32)9-11-25(21)28/h8-9,11-12,17-20,24,28-29,32H,3-7,10,13-16H2,1-2H3/t24-,28+/m1/s1. The predicted molar refractivity (Wildman–Crippen MR) is 133 cm³/mol. The Hall–Kier alpha value is -2.11. The van der Waals surface area contributed by atoms with Gasteiger partial charge in [0.1, 0.15) is 11.6 Å². The van der Waals surface area contributed by atoms with Crippen LogP contribution in [0.3, 0.4) is 0 Å². The summed E-state index contributed by atoms with van der Waals surface area (Å²) in [5.41, 5.74) is 4.28. The molecule has 0 unspecified atom stereocenters. The molecule has 0 amide bonds. The number of aromatic hydroxyl groups is 1. The first kappa shape index (κ1) is 23.6. The molecule has 0 bridgehead atoms. The third-order valence-electron chi connectivity index (χ3n) is 8.70.